The fourth-order valence-electron chi connectivity index (χ4n) is 2.37. The van der Waals surface area contributed by atoms with Gasteiger partial charge < -0.3 is 5.32 Å². The largest absolute Gasteiger partial charge is 0.310 e. The van der Waals surface area contributed by atoms with Crippen molar-refractivity contribution in [1.29, 1.82) is 0 Å². The van der Waals surface area contributed by atoms with Crippen LogP contribution >= 0.6 is 22.6 Å². The van der Waals surface area contributed by atoms with Crippen molar-refractivity contribution >= 4 is 22.6 Å². The van der Waals surface area contributed by atoms with Crippen LogP contribution in [0.2, 0.25) is 0 Å². The molecule has 1 heterocycles. The van der Waals surface area contributed by atoms with E-state index in [1.165, 1.54) is 14.7 Å². The van der Waals surface area contributed by atoms with Crippen molar-refractivity contribution in [2.45, 2.75) is 39.8 Å². The molecular weight excluding hydrogens is 363 g/mol. The van der Waals surface area contributed by atoms with Crippen LogP contribution in [0, 0.1) is 10.5 Å². The highest BCUT2D eigenvalue weighted by atomic mass is 127. The lowest BCUT2D eigenvalue weighted by Crippen LogP contribution is -2.25. The molecule has 0 bridgehead atoms. The first-order chi connectivity index (χ1) is 9.67. The molecule has 0 saturated heterocycles. The summed E-state index contributed by atoms with van der Waals surface area (Å²) in [7, 11) is 0. The maximum atomic E-state index is 4.40. The summed E-state index contributed by atoms with van der Waals surface area (Å²) in [5, 5.41) is 7.83. The van der Waals surface area contributed by atoms with E-state index in [2.05, 4.69) is 77.0 Å². The van der Waals surface area contributed by atoms with E-state index in [0.717, 1.165) is 25.3 Å². The van der Waals surface area contributed by atoms with E-state index < -0.39 is 0 Å². The Morgan fingerprint density at radius 3 is 2.85 bits per heavy atom. The van der Waals surface area contributed by atoms with Crippen LogP contribution in [0.3, 0.4) is 0 Å². The number of aromatic nitrogens is 3. The topological polar surface area (TPSA) is 42.7 Å². The Morgan fingerprint density at radius 2 is 2.15 bits per heavy atom. The molecule has 0 aliphatic carbocycles. The number of halogens is 1. The van der Waals surface area contributed by atoms with Crippen molar-refractivity contribution in [2.24, 2.45) is 0 Å². The van der Waals surface area contributed by atoms with Crippen LogP contribution < -0.4 is 5.32 Å². The minimum absolute atomic E-state index is 0.279. The van der Waals surface area contributed by atoms with E-state index in [1.807, 2.05) is 4.68 Å². The first-order valence-electron chi connectivity index (χ1n) is 7.02. The maximum absolute atomic E-state index is 4.40. The van der Waals surface area contributed by atoms with Crippen molar-refractivity contribution in [1.82, 2.24) is 20.1 Å². The lowest BCUT2D eigenvalue weighted by Gasteiger charge is -2.20. The summed E-state index contributed by atoms with van der Waals surface area (Å²) in [5.41, 5.74) is 2.67. The number of rotatable bonds is 6. The lowest BCUT2D eigenvalue weighted by atomic mass is 10.0. The SMILES string of the molecule is CCNC(Cc1ncnn1CC)c1cccc(C)c1I. The fourth-order valence-corrected chi connectivity index (χ4v) is 3.11. The van der Waals surface area contributed by atoms with Crippen LogP contribution in [0.4, 0.5) is 0 Å². The maximum Gasteiger partial charge on any atom is 0.138 e. The van der Waals surface area contributed by atoms with Gasteiger partial charge in [0.05, 0.1) is 0 Å². The van der Waals surface area contributed by atoms with Gasteiger partial charge in [0.15, 0.2) is 0 Å². The zero-order chi connectivity index (χ0) is 14.5. The van der Waals surface area contributed by atoms with Crippen LogP contribution in [0.25, 0.3) is 0 Å². The molecule has 0 saturated carbocycles. The Hall–Kier alpha value is -0.950. The van der Waals surface area contributed by atoms with Crippen molar-refractivity contribution < 1.29 is 0 Å². The third-order valence-electron chi connectivity index (χ3n) is 3.43. The van der Waals surface area contributed by atoms with E-state index in [9.17, 15) is 0 Å². The molecule has 0 radical (unpaired) electrons. The quantitative estimate of drug-likeness (QED) is 0.779. The summed E-state index contributed by atoms with van der Waals surface area (Å²) in [6.45, 7) is 8.19. The Morgan fingerprint density at radius 1 is 1.35 bits per heavy atom. The molecule has 0 amide bonds. The third-order valence-corrected chi connectivity index (χ3v) is 4.90. The second-order valence-corrected chi connectivity index (χ2v) is 5.86. The highest BCUT2D eigenvalue weighted by molar-refractivity contribution is 14.1. The normalized spacial score (nSPS) is 12.6. The van der Waals surface area contributed by atoms with Crippen LogP contribution in [0.15, 0.2) is 24.5 Å². The fraction of sp³-hybridized carbons (Fsp3) is 0.467. The standard InChI is InChI=1S/C15H21IN4/c1-4-17-13(9-14-18-10-19-20(14)5-2)12-8-6-7-11(3)15(12)16/h6-8,10,13,17H,4-5,9H2,1-3H3. The molecule has 5 heteroatoms. The lowest BCUT2D eigenvalue weighted by molar-refractivity contribution is 0.508. The van der Waals surface area contributed by atoms with Crippen molar-refractivity contribution in [3.8, 4) is 0 Å². The molecule has 1 aromatic carbocycles. The van der Waals surface area contributed by atoms with Gasteiger partial charge >= 0.3 is 0 Å². The summed E-state index contributed by atoms with van der Waals surface area (Å²) < 4.78 is 3.30. The number of nitrogens with one attached hydrogen (secondary N) is 1. The molecule has 1 aromatic heterocycles. The van der Waals surface area contributed by atoms with Gasteiger partial charge in [-0.3, -0.25) is 4.68 Å². The third kappa shape index (κ3) is 3.38. The first-order valence-corrected chi connectivity index (χ1v) is 8.10. The Labute approximate surface area is 134 Å². The second-order valence-electron chi connectivity index (χ2n) is 4.78. The minimum Gasteiger partial charge on any atom is -0.310 e. The molecule has 1 atom stereocenters. The summed E-state index contributed by atoms with van der Waals surface area (Å²) >= 11 is 2.44. The predicted molar refractivity (Wildman–Crippen MR) is 89.7 cm³/mol. The molecule has 0 spiro atoms. The average Bonchev–Trinajstić information content (AvgIpc) is 2.89. The second kappa shape index (κ2) is 7.17. The monoisotopic (exact) mass is 384 g/mol. The molecule has 2 aromatic rings. The van der Waals surface area contributed by atoms with Gasteiger partial charge in [0.25, 0.3) is 0 Å². The Kier molecular flexibility index (Phi) is 5.54. The van der Waals surface area contributed by atoms with E-state index >= 15 is 0 Å². The number of nitrogens with zero attached hydrogens (tertiary/aromatic N) is 3. The van der Waals surface area contributed by atoms with Gasteiger partial charge in [0.1, 0.15) is 12.2 Å². The van der Waals surface area contributed by atoms with Crippen molar-refractivity contribution in [2.75, 3.05) is 6.54 Å². The van der Waals surface area contributed by atoms with E-state index in [-0.39, 0.29) is 6.04 Å². The Bertz CT molecular complexity index is 565. The zero-order valence-corrected chi connectivity index (χ0v) is 14.4. The number of hydrogen-bond donors (Lipinski definition) is 1. The molecule has 0 fully saturated rings. The summed E-state index contributed by atoms with van der Waals surface area (Å²) in [5.74, 6) is 1.04. The number of likely N-dealkylation sites (N-methyl/N-ethyl adjacent to an activating group) is 1. The smallest absolute Gasteiger partial charge is 0.138 e. The van der Waals surface area contributed by atoms with Crippen LogP contribution in [0.5, 0.6) is 0 Å². The van der Waals surface area contributed by atoms with Gasteiger partial charge in [0, 0.05) is 22.6 Å². The van der Waals surface area contributed by atoms with Gasteiger partial charge in [-0.05, 0) is 54.1 Å². The van der Waals surface area contributed by atoms with Gasteiger partial charge in [-0.15, -0.1) is 0 Å². The molecule has 108 valence electrons. The van der Waals surface area contributed by atoms with Gasteiger partial charge in [-0.25, -0.2) is 4.98 Å². The molecule has 4 nitrogen and oxygen atoms in total. The van der Waals surface area contributed by atoms with E-state index in [4.69, 9.17) is 0 Å². The van der Waals surface area contributed by atoms with Crippen molar-refractivity contribution in [3.05, 3.63) is 45.0 Å². The highest BCUT2D eigenvalue weighted by Gasteiger charge is 2.17. The molecular formula is C15H21IN4. The van der Waals surface area contributed by atoms with Crippen molar-refractivity contribution in [3.63, 3.8) is 0 Å². The molecule has 20 heavy (non-hydrogen) atoms. The molecule has 1 N–H and O–H groups in total. The summed E-state index contributed by atoms with van der Waals surface area (Å²) in [4.78, 5) is 4.40. The summed E-state index contributed by atoms with van der Waals surface area (Å²) in [6.07, 6.45) is 2.50. The molecule has 0 aliphatic heterocycles. The van der Waals surface area contributed by atoms with Crippen LogP contribution in [-0.2, 0) is 13.0 Å². The molecule has 2 rings (SSSR count). The Balaban J connectivity index is 2.29. The van der Waals surface area contributed by atoms with Gasteiger partial charge in [-0.1, -0.05) is 25.1 Å². The highest BCUT2D eigenvalue weighted by Crippen LogP contribution is 2.25. The van der Waals surface area contributed by atoms with Gasteiger partial charge in [-0.2, -0.15) is 5.10 Å². The number of hydrogen-bond acceptors (Lipinski definition) is 3. The minimum atomic E-state index is 0.279. The van der Waals surface area contributed by atoms with Crippen LogP contribution in [0.1, 0.15) is 36.8 Å². The van der Waals surface area contributed by atoms with Crippen LogP contribution in [-0.4, -0.2) is 21.3 Å². The predicted octanol–water partition coefficient (Wildman–Crippen LogP) is 3.10. The van der Waals surface area contributed by atoms with E-state index in [1.54, 1.807) is 6.33 Å². The number of aryl methyl sites for hydroxylation is 2. The van der Waals surface area contributed by atoms with Gasteiger partial charge in [0.2, 0.25) is 0 Å². The zero-order valence-electron chi connectivity index (χ0n) is 12.2. The summed E-state index contributed by atoms with van der Waals surface area (Å²) in [6, 6.07) is 6.76. The molecule has 1 unspecified atom stereocenters. The number of benzene rings is 1. The van der Waals surface area contributed by atoms with E-state index in [0.29, 0.717) is 0 Å². The average molecular weight is 384 g/mol. The first kappa shape index (κ1) is 15.4. The molecule has 0 aliphatic rings.